The van der Waals surface area contributed by atoms with Crippen LogP contribution >= 0.6 is 0 Å². The summed E-state index contributed by atoms with van der Waals surface area (Å²) in [6, 6.07) is 1.97. The van der Waals surface area contributed by atoms with Crippen molar-refractivity contribution in [2.45, 2.75) is 51.7 Å². The summed E-state index contributed by atoms with van der Waals surface area (Å²) in [6.07, 6.45) is 5.76. The van der Waals surface area contributed by atoms with Gasteiger partial charge in [-0.2, -0.15) is 0 Å². The molecule has 0 radical (unpaired) electrons. The molecule has 1 aromatic heterocycles. The summed E-state index contributed by atoms with van der Waals surface area (Å²) in [6.45, 7) is 3.81. The lowest BCUT2D eigenvalue weighted by Crippen LogP contribution is -2.38. The number of ether oxygens (including phenoxy) is 1. The third-order valence-corrected chi connectivity index (χ3v) is 3.35. The number of hydrogen-bond acceptors (Lipinski definition) is 5. The van der Waals surface area contributed by atoms with Crippen molar-refractivity contribution in [3.05, 3.63) is 12.4 Å². The smallest absolute Gasteiger partial charge is 0.323 e. The Labute approximate surface area is 118 Å². The van der Waals surface area contributed by atoms with E-state index in [-0.39, 0.29) is 18.7 Å². The highest BCUT2D eigenvalue weighted by molar-refractivity contribution is 5.73. The highest BCUT2D eigenvalue weighted by Gasteiger charge is 2.26. The first kappa shape index (κ1) is 14.6. The third-order valence-electron chi connectivity index (χ3n) is 3.35. The second kappa shape index (κ2) is 6.54. The molecule has 0 bridgehead atoms. The Morgan fingerprint density at radius 3 is 2.75 bits per heavy atom. The summed E-state index contributed by atoms with van der Waals surface area (Å²) < 4.78 is 5.55. The molecule has 6 nitrogen and oxygen atoms in total. The molecule has 1 aliphatic carbocycles. The predicted molar refractivity (Wildman–Crippen MR) is 75.0 cm³/mol. The molecule has 0 unspecified atom stereocenters. The molecule has 6 heteroatoms. The minimum atomic E-state index is -0.846. The predicted octanol–water partition coefficient (Wildman–Crippen LogP) is 2.10. The van der Waals surface area contributed by atoms with E-state index in [1.807, 2.05) is 18.7 Å². The molecule has 0 amide bonds. The number of aliphatic carboxylic acids is 1. The number of carboxylic acids is 1. The number of rotatable bonds is 6. The summed E-state index contributed by atoms with van der Waals surface area (Å²) in [5.74, 6) is 0.269. The van der Waals surface area contributed by atoms with Crippen molar-refractivity contribution in [3.8, 4) is 5.88 Å². The average Bonchev–Trinajstić information content (AvgIpc) is 2.89. The normalized spacial score (nSPS) is 15.6. The van der Waals surface area contributed by atoms with Crippen molar-refractivity contribution in [1.29, 1.82) is 0 Å². The Morgan fingerprint density at radius 2 is 2.15 bits per heavy atom. The maximum absolute atomic E-state index is 11.1. The number of carbonyl (C=O) groups is 1. The Bertz CT molecular complexity index is 459. The van der Waals surface area contributed by atoms with Crippen molar-refractivity contribution in [2.24, 2.45) is 0 Å². The molecular weight excluding hydrogens is 258 g/mol. The van der Waals surface area contributed by atoms with Gasteiger partial charge in [0.25, 0.3) is 0 Å². The van der Waals surface area contributed by atoms with Crippen LogP contribution in [0.3, 0.4) is 0 Å². The zero-order chi connectivity index (χ0) is 14.5. The van der Waals surface area contributed by atoms with Crippen molar-refractivity contribution < 1.29 is 14.6 Å². The standard InChI is InChI=1S/C14H21N3O3/c1-10(2)20-13-7-12(15-9-16-13)17(8-14(18)19)11-5-3-4-6-11/h7,9-11H,3-6,8H2,1-2H3,(H,18,19). The molecule has 0 aromatic carbocycles. The zero-order valence-corrected chi connectivity index (χ0v) is 12.0. The molecule has 0 atom stereocenters. The number of hydrogen-bond donors (Lipinski definition) is 1. The quantitative estimate of drug-likeness (QED) is 0.859. The SMILES string of the molecule is CC(C)Oc1cc(N(CC(=O)O)C2CCCC2)ncn1. The van der Waals surface area contributed by atoms with E-state index in [0.717, 1.165) is 25.7 Å². The van der Waals surface area contributed by atoms with E-state index < -0.39 is 5.97 Å². The third kappa shape index (κ3) is 3.82. The van der Waals surface area contributed by atoms with Crippen LogP contribution in [0.4, 0.5) is 5.82 Å². The van der Waals surface area contributed by atoms with Crippen LogP contribution in [0.5, 0.6) is 5.88 Å². The summed E-state index contributed by atoms with van der Waals surface area (Å²) in [5, 5.41) is 9.10. The van der Waals surface area contributed by atoms with Crippen molar-refractivity contribution >= 4 is 11.8 Å². The first-order valence-corrected chi connectivity index (χ1v) is 7.03. The topological polar surface area (TPSA) is 75.5 Å². The molecule has 1 aromatic rings. The molecule has 1 aliphatic rings. The van der Waals surface area contributed by atoms with E-state index in [1.54, 1.807) is 6.07 Å². The fourth-order valence-electron chi connectivity index (χ4n) is 2.55. The average molecular weight is 279 g/mol. The Morgan fingerprint density at radius 1 is 1.45 bits per heavy atom. The summed E-state index contributed by atoms with van der Waals surface area (Å²) in [4.78, 5) is 21.2. The van der Waals surface area contributed by atoms with Gasteiger partial charge in [0, 0.05) is 12.1 Å². The van der Waals surface area contributed by atoms with Crippen LogP contribution in [0, 0.1) is 0 Å². The molecule has 20 heavy (non-hydrogen) atoms. The first-order chi connectivity index (χ1) is 9.56. The molecule has 110 valence electrons. The van der Waals surface area contributed by atoms with Crippen LogP contribution in [0.2, 0.25) is 0 Å². The second-order valence-corrected chi connectivity index (χ2v) is 5.34. The molecule has 1 N–H and O–H groups in total. The summed E-state index contributed by atoms with van der Waals surface area (Å²) in [5.41, 5.74) is 0. The van der Waals surface area contributed by atoms with Crippen LogP contribution in [0.1, 0.15) is 39.5 Å². The molecule has 0 spiro atoms. The molecule has 2 rings (SSSR count). The molecule has 1 fully saturated rings. The van der Waals surface area contributed by atoms with Crippen LogP contribution in [0.15, 0.2) is 12.4 Å². The number of anilines is 1. The highest BCUT2D eigenvalue weighted by atomic mass is 16.5. The fourth-order valence-corrected chi connectivity index (χ4v) is 2.55. The zero-order valence-electron chi connectivity index (χ0n) is 12.0. The molecular formula is C14H21N3O3. The Kier molecular flexibility index (Phi) is 4.76. The van der Waals surface area contributed by atoms with Gasteiger partial charge in [0.15, 0.2) is 0 Å². The van der Waals surface area contributed by atoms with Crippen molar-refractivity contribution in [3.63, 3.8) is 0 Å². The minimum Gasteiger partial charge on any atom is -0.480 e. The van der Waals surface area contributed by atoms with Crippen LogP contribution in [-0.2, 0) is 4.79 Å². The highest BCUT2D eigenvalue weighted by Crippen LogP contribution is 2.28. The number of carboxylic acid groups (broad SMARTS) is 1. The van der Waals surface area contributed by atoms with E-state index in [0.29, 0.717) is 11.7 Å². The van der Waals surface area contributed by atoms with Gasteiger partial charge in [-0.15, -0.1) is 0 Å². The van der Waals surface area contributed by atoms with Crippen LogP contribution in [-0.4, -0.2) is 39.7 Å². The van der Waals surface area contributed by atoms with Crippen molar-refractivity contribution in [1.82, 2.24) is 9.97 Å². The number of nitrogens with zero attached hydrogens (tertiary/aromatic N) is 3. The fraction of sp³-hybridized carbons (Fsp3) is 0.643. The maximum Gasteiger partial charge on any atom is 0.323 e. The van der Waals surface area contributed by atoms with E-state index in [4.69, 9.17) is 9.84 Å². The number of aromatic nitrogens is 2. The molecule has 1 heterocycles. The van der Waals surface area contributed by atoms with Gasteiger partial charge in [0.2, 0.25) is 5.88 Å². The van der Waals surface area contributed by atoms with Crippen LogP contribution in [0.25, 0.3) is 0 Å². The van der Waals surface area contributed by atoms with Crippen molar-refractivity contribution in [2.75, 3.05) is 11.4 Å². The Hall–Kier alpha value is -1.85. The lowest BCUT2D eigenvalue weighted by molar-refractivity contribution is -0.135. The monoisotopic (exact) mass is 279 g/mol. The van der Waals surface area contributed by atoms with E-state index in [1.165, 1.54) is 6.33 Å². The lowest BCUT2D eigenvalue weighted by Gasteiger charge is -2.28. The molecule has 1 saturated carbocycles. The van der Waals surface area contributed by atoms with Gasteiger partial charge in [0.05, 0.1) is 6.10 Å². The molecule has 0 aliphatic heterocycles. The largest absolute Gasteiger partial charge is 0.480 e. The van der Waals surface area contributed by atoms with Gasteiger partial charge in [-0.25, -0.2) is 9.97 Å². The van der Waals surface area contributed by atoms with Gasteiger partial charge in [-0.05, 0) is 26.7 Å². The summed E-state index contributed by atoms with van der Waals surface area (Å²) in [7, 11) is 0. The van der Waals surface area contributed by atoms with E-state index in [2.05, 4.69) is 9.97 Å². The van der Waals surface area contributed by atoms with E-state index in [9.17, 15) is 4.79 Å². The van der Waals surface area contributed by atoms with Gasteiger partial charge >= 0.3 is 5.97 Å². The Balaban J connectivity index is 2.20. The molecule has 0 saturated heterocycles. The van der Waals surface area contributed by atoms with Gasteiger partial charge in [-0.3, -0.25) is 4.79 Å². The second-order valence-electron chi connectivity index (χ2n) is 5.34. The maximum atomic E-state index is 11.1. The summed E-state index contributed by atoms with van der Waals surface area (Å²) >= 11 is 0. The first-order valence-electron chi connectivity index (χ1n) is 7.03. The van der Waals surface area contributed by atoms with Gasteiger partial charge in [0.1, 0.15) is 18.7 Å². The van der Waals surface area contributed by atoms with E-state index >= 15 is 0 Å². The van der Waals surface area contributed by atoms with Gasteiger partial charge < -0.3 is 14.7 Å². The van der Waals surface area contributed by atoms with Crippen LogP contribution < -0.4 is 9.64 Å². The minimum absolute atomic E-state index is 0.0251. The lowest BCUT2D eigenvalue weighted by atomic mass is 10.2. The van der Waals surface area contributed by atoms with Gasteiger partial charge in [-0.1, -0.05) is 12.8 Å².